The van der Waals surface area contributed by atoms with E-state index in [0.29, 0.717) is 12.0 Å². The number of hydrogen-bond donors (Lipinski definition) is 1. The number of benzene rings is 2. The van der Waals surface area contributed by atoms with Gasteiger partial charge in [-0.1, -0.05) is 64.1 Å². The Kier molecular flexibility index (Phi) is 6.64. The Bertz CT molecular complexity index is 879. The number of carbonyl (C=O) groups excluding carboxylic acids is 2. The van der Waals surface area contributed by atoms with Gasteiger partial charge in [-0.25, -0.2) is 0 Å². The molecule has 1 N–H and O–H groups in total. The van der Waals surface area contributed by atoms with Gasteiger partial charge in [0, 0.05) is 31.1 Å². The molecule has 2 atom stereocenters. The SMILES string of the molecule is CCC(=O)NC1CCC(N(C)C(=O)c2ccc(-c3ccc(C(C)(C)C)cc3)cc2)C1. The average molecular weight is 407 g/mol. The fourth-order valence-electron chi connectivity index (χ4n) is 4.11. The van der Waals surface area contributed by atoms with Crippen molar-refractivity contribution in [3.8, 4) is 11.1 Å². The second-order valence-corrected chi connectivity index (χ2v) is 9.41. The van der Waals surface area contributed by atoms with Crippen molar-refractivity contribution in [2.24, 2.45) is 0 Å². The van der Waals surface area contributed by atoms with E-state index < -0.39 is 0 Å². The molecule has 30 heavy (non-hydrogen) atoms. The molecule has 4 nitrogen and oxygen atoms in total. The Hall–Kier alpha value is -2.62. The highest BCUT2D eigenvalue weighted by Gasteiger charge is 2.30. The van der Waals surface area contributed by atoms with Crippen molar-refractivity contribution in [2.75, 3.05) is 7.05 Å². The third-order valence-electron chi connectivity index (χ3n) is 6.18. The monoisotopic (exact) mass is 406 g/mol. The summed E-state index contributed by atoms with van der Waals surface area (Å²) in [6.07, 6.45) is 3.18. The summed E-state index contributed by atoms with van der Waals surface area (Å²) in [7, 11) is 1.87. The van der Waals surface area contributed by atoms with Crippen LogP contribution in [0.3, 0.4) is 0 Å². The van der Waals surface area contributed by atoms with E-state index >= 15 is 0 Å². The van der Waals surface area contributed by atoms with Crippen LogP contribution in [0.4, 0.5) is 0 Å². The molecule has 2 unspecified atom stereocenters. The first kappa shape index (κ1) is 22.1. The van der Waals surface area contributed by atoms with E-state index in [0.717, 1.165) is 30.4 Å². The van der Waals surface area contributed by atoms with E-state index in [9.17, 15) is 9.59 Å². The molecule has 0 heterocycles. The first-order chi connectivity index (χ1) is 14.2. The van der Waals surface area contributed by atoms with Crippen molar-refractivity contribution in [2.45, 2.75) is 70.9 Å². The zero-order valence-corrected chi connectivity index (χ0v) is 18.9. The maximum absolute atomic E-state index is 13.0. The molecule has 3 rings (SSSR count). The van der Waals surface area contributed by atoms with Crippen LogP contribution in [0.2, 0.25) is 0 Å². The van der Waals surface area contributed by atoms with Crippen LogP contribution in [0.5, 0.6) is 0 Å². The van der Waals surface area contributed by atoms with Crippen LogP contribution in [0, 0.1) is 0 Å². The molecule has 0 saturated heterocycles. The lowest BCUT2D eigenvalue weighted by atomic mass is 9.86. The van der Waals surface area contributed by atoms with Crippen molar-refractivity contribution in [1.29, 1.82) is 0 Å². The lowest BCUT2D eigenvalue weighted by Gasteiger charge is -2.25. The number of carbonyl (C=O) groups is 2. The molecule has 0 bridgehead atoms. The summed E-state index contributed by atoms with van der Waals surface area (Å²) in [6.45, 7) is 8.50. The standard InChI is InChI=1S/C26H34N2O2/c1-6-24(29)27-22-15-16-23(17-22)28(5)25(30)20-9-7-18(8-10-20)19-11-13-21(14-12-19)26(2,3)4/h7-14,22-23H,6,15-17H2,1-5H3,(H,27,29). The fraction of sp³-hybridized carbons (Fsp3) is 0.462. The molecule has 1 aliphatic carbocycles. The van der Waals surface area contributed by atoms with Gasteiger partial charge in [0.05, 0.1) is 0 Å². The van der Waals surface area contributed by atoms with Crippen molar-refractivity contribution in [3.63, 3.8) is 0 Å². The summed E-state index contributed by atoms with van der Waals surface area (Å²) in [6, 6.07) is 16.9. The second kappa shape index (κ2) is 9.03. The molecule has 1 fully saturated rings. The molecule has 1 aliphatic rings. The maximum Gasteiger partial charge on any atom is 0.253 e. The highest BCUT2D eigenvalue weighted by Crippen LogP contribution is 2.28. The average Bonchev–Trinajstić information content (AvgIpc) is 3.20. The van der Waals surface area contributed by atoms with Crippen LogP contribution < -0.4 is 5.32 Å². The van der Waals surface area contributed by atoms with Crippen molar-refractivity contribution in [3.05, 3.63) is 59.7 Å². The molecule has 0 spiro atoms. The zero-order valence-electron chi connectivity index (χ0n) is 18.9. The Morgan fingerprint density at radius 1 is 0.967 bits per heavy atom. The van der Waals surface area contributed by atoms with Gasteiger partial charge in [0.2, 0.25) is 5.91 Å². The molecule has 2 aromatic rings. The molecule has 2 aromatic carbocycles. The highest BCUT2D eigenvalue weighted by molar-refractivity contribution is 5.94. The predicted octanol–water partition coefficient (Wildman–Crippen LogP) is 5.17. The van der Waals surface area contributed by atoms with Gasteiger partial charge in [-0.2, -0.15) is 0 Å². The van der Waals surface area contributed by atoms with Gasteiger partial charge in [0.25, 0.3) is 5.91 Å². The molecule has 0 aliphatic heterocycles. The van der Waals surface area contributed by atoms with Gasteiger partial charge < -0.3 is 10.2 Å². The normalized spacial score (nSPS) is 18.8. The molecule has 160 valence electrons. The third-order valence-corrected chi connectivity index (χ3v) is 6.18. The number of amides is 2. The van der Waals surface area contributed by atoms with E-state index in [-0.39, 0.29) is 29.3 Å². The molecular weight excluding hydrogens is 372 g/mol. The van der Waals surface area contributed by atoms with Crippen LogP contribution >= 0.6 is 0 Å². The van der Waals surface area contributed by atoms with Gasteiger partial charge in [-0.15, -0.1) is 0 Å². The Morgan fingerprint density at radius 2 is 1.53 bits per heavy atom. The largest absolute Gasteiger partial charge is 0.353 e. The number of nitrogens with one attached hydrogen (secondary N) is 1. The lowest BCUT2D eigenvalue weighted by molar-refractivity contribution is -0.121. The lowest BCUT2D eigenvalue weighted by Crippen LogP contribution is -2.38. The van der Waals surface area contributed by atoms with E-state index in [2.05, 4.69) is 50.4 Å². The minimum atomic E-state index is 0.0390. The summed E-state index contributed by atoms with van der Waals surface area (Å²) in [5, 5.41) is 3.05. The molecule has 2 amide bonds. The molecule has 0 radical (unpaired) electrons. The van der Waals surface area contributed by atoms with Crippen LogP contribution in [0.25, 0.3) is 11.1 Å². The van der Waals surface area contributed by atoms with Gasteiger partial charge in [0.15, 0.2) is 0 Å². The van der Waals surface area contributed by atoms with Crippen molar-refractivity contribution in [1.82, 2.24) is 10.2 Å². The Balaban J connectivity index is 1.64. The molecular formula is C26H34N2O2. The molecule has 0 aromatic heterocycles. The first-order valence-electron chi connectivity index (χ1n) is 11.0. The van der Waals surface area contributed by atoms with Gasteiger partial charge in [-0.3, -0.25) is 9.59 Å². The topological polar surface area (TPSA) is 49.4 Å². The predicted molar refractivity (Wildman–Crippen MR) is 123 cm³/mol. The zero-order chi connectivity index (χ0) is 21.9. The summed E-state index contributed by atoms with van der Waals surface area (Å²) < 4.78 is 0. The summed E-state index contributed by atoms with van der Waals surface area (Å²) in [5.41, 5.74) is 4.41. The second-order valence-electron chi connectivity index (χ2n) is 9.41. The van der Waals surface area contributed by atoms with Gasteiger partial charge >= 0.3 is 0 Å². The number of rotatable bonds is 5. The number of nitrogens with zero attached hydrogens (tertiary/aromatic N) is 1. The van der Waals surface area contributed by atoms with Crippen LogP contribution in [0.15, 0.2) is 48.5 Å². The maximum atomic E-state index is 13.0. The third kappa shape index (κ3) is 5.10. The summed E-state index contributed by atoms with van der Waals surface area (Å²) in [5.74, 6) is 0.123. The van der Waals surface area contributed by atoms with Crippen LogP contribution in [-0.2, 0) is 10.2 Å². The smallest absolute Gasteiger partial charge is 0.253 e. The minimum Gasteiger partial charge on any atom is -0.353 e. The fourth-order valence-corrected chi connectivity index (χ4v) is 4.11. The number of hydrogen-bond acceptors (Lipinski definition) is 2. The van der Waals surface area contributed by atoms with E-state index in [1.54, 1.807) is 0 Å². The Labute approximate surface area is 180 Å². The molecule has 1 saturated carbocycles. The van der Waals surface area contributed by atoms with Crippen molar-refractivity contribution >= 4 is 11.8 Å². The van der Waals surface area contributed by atoms with Crippen molar-refractivity contribution < 1.29 is 9.59 Å². The summed E-state index contributed by atoms with van der Waals surface area (Å²) in [4.78, 5) is 26.4. The highest BCUT2D eigenvalue weighted by atomic mass is 16.2. The molecule has 4 heteroatoms. The minimum absolute atomic E-state index is 0.0390. The van der Waals surface area contributed by atoms with Crippen LogP contribution in [-0.4, -0.2) is 35.8 Å². The Morgan fingerprint density at radius 3 is 2.07 bits per heavy atom. The van der Waals surface area contributed by atoms with E-state index in [1.807, 2.05) is 43.1 Å². The van der Waals surface area contributed by atoms with Gasteiger partial charge in [0.1, 0.15) is 0 Å². The van der Waals surface area contributed by atoms with E-state index in [4.69, 9.17) is 0 Å². The quantitative estimate of drug-likeness (QED) is 0.745. The summed E-state index contributed by atoms with van der Waals surface area (Å²) >= 11 is 0. The van der Waals surface area contributed by atoms with Crippen LogP contribution in [0.1, 0.15) is 69.3 Å². The van der Waals surface area contributed by atoms with E-state index in [1.165, 1.54) is 5.56 Å². The first-order valence-corrected chi connectivity index (χ1v) is 11.0. The van der Waals surface area contributed by atoms with Gasteiger partial charge in [-0.05, 0) is 53.5 Å².